The predicted molar refractivity (Wildman–Crippen MR) is 80.9 cm³/mol. The number of aromatic nitrogens is 2. The Balaban J connectivity index is 1.71. The highest BCUT2D eigenvalue weighted by molar-refractivity contribution is 5.81. The quantitative estimate of drug-likeness (QED) is 0.552. The SMILES string of the molecule is Cc1c(NN)nc(C2CC2)nc1NCC(=O)N1CCCC1. The number of nitrogens with zero attached hydrogens (tertiary/aromatic N) is 3. The van der Waals surface area contributed by atoms with Crippen molar-refractivity contribution in [3.63, 3.8) is 0 Å². The molecule has 114 valence electrons. The van der Waals surface area contributed by atoms with Gasteiger partial charge in [0.15, 0.2) is 0 Å². The summed E-state index contributed by atoms with van der Waals surface area (Å²) in [6, 6.07) is 0. The van der Waals surface area contributed by atoms with Crippen LogP contribution in [0, 0.1) is 6.92 Å². The van der Waals surface area contributed by atoms with Crippen molar-refractivity contribution in [1.29, 1.82) is 0 Å². The first-order valence-electron chi connectivity index (χ1n) is 7.56. The van der Waals surface area contributed by atoms with Crippen LogP contribution >= 0.6 is 0 Å². The molecule has 1 amide bonds. The Morgan fingerprint density at radius 2 is 1.95 bits per heavy atom. The summed E-state index contributed by atoms with van der Waals surface area (Å²) >= 11 is 0. The second-order valence-corrected chi connectivity index (χ2v) is 5.76. The van der Waals surface area contributed by atoms with Gasteiger partial charge in [0.2, 0.25) is 5.91 Å². The van der Waals surface area contributed by atoms with Crippen molar-refractivity contribution in [2.24, 2.45) is 5.84 Å². The van der Waals surface area contributed by atoms with E-state index in [4.69, 9.17) is 5.84 Å². The lowest BCUT2D eigenvalue weighted by atomic mass is 10.2. The maximum atomic E-state index is 12.1. The summed E-state index contributed by atoms with van der Waals surface area (Å²) in [5.41, 5.74) is 3.46. The van der Waals surface area contributed by atoms with Crippen LogP contribution in [-0.4, -0.2) is 40.4 Å². The molecule has 21 heavy (non-hydrogen) atoms. The molecule has 2 fully saturated rings. The fourth-order valence-electron chi connectivity index (χ4n) is 2.61. The molecule has 7 nitrogen and oxygen atoms in total. The molecule has 0 unspecified atom stereocenters. The third kappa shape index (κ3) is 3.07. The van der Waals surface area contributed by atoms with Crippen molar-refractivity contribution in [2.75, 3.05) is 30.4 Å². The van der Waals surface area contributed by atoms with Crippen LogP contribution in [0.1, 0.15) is 43.0 Å². The smallest absolute Gasteiger partial charge is 0.241 e. The van der Waals surface area contributed by atoms with E-state index in [0.717, 1.165) is 50.2 Å². The average molecular weight is 290 g/mol. The van der Waals surface area contributed by atoms with Gasteiger partial charge in [0.25, 0.3) is 0 Å². The number of carbonyl (C=O) groups excluding carboxylic acids is 1. The molecule has 1 saturated heterocycles. The Morgan fingerprint density at radius 3 is 2.57 bits per heavy atom. The molecular formula is C14H22N6O. The van der Waals surface area contributed by atoms with E-state index < -0.39 is 0 Å². The van der Waals surface area contributed by atoms with E-state index in [2.05, 4.69) is 20.7 Å². The fraction of sp³-hybridized carbons (Fsp3) is 0.643. The number of hydrazine groups is 1. The fourth-order valence-corrected chi connectivity index (χ4v) is 2.61. The number of nitrogens with one attached hydrogen (secondary N) is 2. The molecule has 1 saturated carbocycles. The Hall–Kier alpha value is -1.89. The van der Waals surface area contributed by atoms with Gasteiger partial charge in [-0.2, -0.15) is 0 Å². The van der Waals surface area contributed by atoms with Crippen molar-refractivity contribution >= 4 is 17.5 Å². The highest BCUT2D eigenvalue weighted by Gasteiger charge is 2.28. The first-order valence-corrected chi connectivity index (χ1v) is 7.56. The lowest BCUT2D eigenvalue weighted by Gasteiger charge is -2.17. The summed E-state index contributed by atoms with van der Waals surface area (Å²) in [6.45, 7) is 3.90. The predicted octanol–water partition coefficient (Wildman–Crippen LogP) is 0.982. The molecule has 0 atom stereocenters. The minimum Gasteiger partial charge on any atom is -0.361 e. The summed E-state index contributed by atoms with van der Waals surface area (Å²) in [6.07, 6.45) is 4.45. The molecule has 1 aromatic heterocycles. The molecule has 0 bridgehead atoms. The molecule has 1 aliphatic carbocycles. The van der Waals surface area contributed by atoms with Crippen LogP contribution in [0.5, 0.6) is 0 Å². The summed E-state index contributed by atoms with van der Waals surface area (Å²) in [4.78, 5) is 23.0. The number of nitrogens with two attached hydrogens (primary N) is 1. The number of nitrogen functional groups attached to an aromatic ring is 1. The Bertz CT molecular complexity index is 537. The number of amides is 1. The first kappa shape index (κ1) is 14.1. The second-order valence-electron chi connectivity index (χ2n) is 5.76. The lowest BCUT2D eigenvalue weighted by Crippen LogP contribution is -2.33. The first-order chi connectivity index (χ1) is 10.2. The highest BCUT2D eigenvalue weighted by atomic mass is 16.2. The normalized spacial score (nSPS) is 17.9. The minimum absolute atomic E-state index is 0.126. The standard InChI is InChI=1S/C14H22N6O/c1-9-12(16-8-11(21)20-6-2-3-7-20)17-14(10-4-5-10)18-13(9)19-15/h10H,2-8,15H2,1H3,(H2,16,17,18,19). The van der Waals surface area contributed by atoms with Crippen LogP contribution in [0.4, 0.5) is 11.6 Å². The van der Waals surface area contributed by atoms with Crippen LogP contribution in [0.2, 0.25) is 0 Å². The van der Waals surface area contributed by atoms with E-state index in [1.165, 1.54) is 0 Å². The Kier molecular flexibility index (Phi) is 3.92. The molecule has 0 radical (unpaired) electrons. The second kappa shape index (κ2) is 5.85. The van der Waals surface area contributed by atoms with Crippen LogP contribution in [0.25, 0.3) is 0 Å². The molecule has 2 heterocycles. The lowest BCUT2D eigenvalue weighted by molar-refractivity contribution is -0.128. The third-order valence-corrected chi connectivity index (χ3v) is 4.11. The topological polar surface area (TPSA) is 96.2 Å². The van der Waals surface area contributed by atoms with Crippen molar-refractivity contribution < 1.29 is 4.79 Å². The monoisotopic (exact) mass is 290 g/mol. The van der Waals surface area contributed by atoms with Gasteiger partial charge in [0, 0.05) is 24.6 Å². The number of rotatable bonds is 5. The number of hydrogen-bond acceptors (Lipinski definition) is 6. The molecule has 1 aliphatic heterocycles. The van der Waals surface area contributed by atoms with Crippen molar-refractivity contribution in [2.45, 2.75) is 38.5 Å². The Morgan fingerprint density at radius 1 is 1.29 bits per heavy atom. The van der Waals surface area contributed by atoms with Gasteiger partial charge < -0.3 is 15.6 Å². The van der Waals surface area contributed by atoms with Gasteiger partial charge in [-0.05, 0) is 32.6 Å². The number of carbonyl (C=O) groups is 1. The van der Waals surface area contributed by atoms with Gasteiger partial charge >= 0.3 is 0 Å². The summed E-state index contributed by atoms with van der Waals surface area (Å²) in [5, 5.41) is 3.15. The number of anilines is 2. The third-order valence-electron chi connectivity index (χ3n) is 4.11. The maximum absolute atomic E-state index is 12.1. The molecule has 0 aromatic carbocycles. The summed E-state index contributed by atoms with van der Waals surface area (Å²) in [5.74, 6) is 8.22. The van der Waals surface area contributed by atoms with E-state index in [-0.39, 0.29) is 12.5 Å². The Labute approximate surface area is 124 Å². The molecule has 7 heteroatoms. The van der Waals surface area contributed by atoms with Crippen LogP contribution < -0.4 is 16.6 Å². The van der Waals surface area contributed by atoms with E-state index in [1.54, 1.807) is 0 Å². The number of likely N-dealkylation sites (tertiary alicyclic amines) is 1. The molecule has 0 spiro atoms. The maximum Gasteiger partial charge on any atom is 0.241 e. The van der Waals surface area contributed by atoms with Gasteiger partial charge in [-0.25, -0.2) is 15.8 Å². The van der Waals surface area contributed by atoms with E-state index in [1.807, 2.05) is 11.8 Å². The number of hydrogen-bond donors (Lipinski definition) is 3. The zero-order valence-electron chi connectivity index (χ0n) is 12.4. The van der Waals surface area contributed by atoms with E-state index >= 15 is 0 Å². The van der Waals surface area contributed by atoms with Gasteiger partial charge in [0.1, 0.15) is 17.5 Å². The molecular weight excluding hydrogens is 268 g/mol. The van der Waals surface area contributed by atoms with Crippen LogP contribution in [-0.2, 0) is 4.79 Å². The van der Waals surface area contributed by atoms with Crippen molar-refractivity contribution in [3.8, 4) is 0 Å². The summed E-state index contributed by atoms with van der Waals surface area (Å²) < 4.78 is 0. The van der Waals surface area contributed by atoms with Gasteiger partial charge in [-0.15, -0.1) is 0 Å². The van der Waals surface area contributed by atoms with Crippen LogP contribution in [0.15, 0.2) is 0 Å². The van der Waals surface area contributed by atoms with Crippen molar-refractivity contribution in [3.05, 3.63) is 11.4 Å². The van der Waals surface area contributed by atoms with Gasteiger partial charge in [0.05, 0.1) is 6.54 Å². The molecule has 3 rings (SSSR count). The molecule has 4 N–H and O–H groups in total. The van der Waals surface area contributed by atoms with E-state index in [0.29, 0.717) is 17.6 Å². The minimum atomic E-state index is 0.126. The highest BCUT2D eigenvalue weighted by Crippen LogP contribution is 2.39. The molecule has 1 aromatic rings. The van der Waals surface area contributed by atoms with Gasteiger partial charge in [-0.3, -0.25) is 4.79 Å². The average Bonchev–Trinajstić information content (AvgIpc) is 3.20. The largest absolute Gasteiger partial charge is 0.361 e. The van der Waals surface area contributed by atoms with Gasteiger partial charge in [-0.1, -0.05) is 0 Å². The summed E-state index contributed by atoms with van der Waals surface area (Å²) in [7, 11) is 0. The zero-order valence-corrected chi connectivity index (χ0v) is 12.4. The van der Waals surface area contributed by atoms with Crippen molar-refractivity contribution in [1.82, 2.24) is 14.9 Å². The van der Waals surface area contributed by atoms with E-state index in [9.17, 15) is 4.79 Å². The zero-order chi connectivity index (χ0) is 14.8. The van der Waals surface area contributed by atoms with Crippen LogP contribution in [0.3, 0.4) is 0 Å². The molecule has 2 aliphatic rings.